The number of likely N-dealkylation sites (tertiary alicyclic amines) is 1. The number of rotatable bonds is 19. The van der Waals surface area contributed by atoms with Gasteiger partial charge in [0, 0.05) is 72.4 Å². The van der Waals surface area contributed by atoms with Crippen LogP contribution in [0.2, 0.25) is 5.02 Å². The van der Waals surface area contributed by atoms with Gasteiger partial charge in [0.15, 0.2) is 0 Å². The Morgan fingerprint density at radius 1 is 0.955 bits per heavy atom. The third kappa shape index (κ3) is 11.9. The molecule has 1 saturated carbocycles. The van der Waals surface area contributed by atoms with Crippen molar-refractivity contribution in [3.63, 3.8) is 0 Å². The second-order valence-electron chi connectivity index (χ2n) is 19.4. The quantitative estimate of drug-likeness (QED) is 0.0774. The van der Waals surface area contributed by atoms with E-state index in [-0.39, 0.29) is 55.0 Å². The van der Waals surface area contributed by atoms with Gasteiger partial charge in [-0.2, -0.15) is 5.26 Å². The molecule has 3 aliphatic rings. The van der Waals surface area contributed by atoms with E-state index in [4.69, 9.17) is 21.1 Å². The number of unbranched alkanes of at least 4 members (excludes halogenated alkanes) is 2. The summed E-state index contributed by atoms with van der Waals surface area (Å²) in [5.74, 6) is -0.883. The Morgan fingerprint density at radius 2 is 1.64 bits per heavy atom. The second-order valence-corrected chi connectivity index (χ2v) is 19.8. The highest BCUT2D eigenvalue weighted by atomic mass is 35.5. The summed E-state index contributed by atoms with van der Waals surface area (Å²) in [6.45, 7) is 14.8. The summed E-state index contributed by atoms with van der Waals surface area (Å²) in [7, 11) is 0. The van der Waals surface area contributed by atoms with Crippen LogP contribution in [-0.2, 0) is 25.7 Å². The van der Waals surface area contributed by atoms with Crippen LogP contribution in [-0.4, -0.2) is 90.3 Å². The Balaban J connectivity index is 0.874. The molecule has 3 aromatic carbocycles. The molecule has 0 radical (unpaired) electrons. The van der Waals surface area contributed by atoms with Gasteiger partial charge in [-0.25, -0.2) is 0 Å². The van der Waals surface area contributed by atoms with Gasteiger partial charge >= 0.3 is 0 Å². The van der Waals surface area contributed by atoms with Crippen LogP contribution in [0.4, 0.5) is 5.69 Å². The van der Waals surface area contributed by atoms with Gasteiger partial charge in [-0.05, 0) is 77.1 Å². The smallest absolute Gasteiger partial charge is 0.251 e. The Labute approximate surface area is 391 Å². The number of nitrogens with zero attached hydrogens (tertiary/aromatic N) is 6. The highest BCUT2D eigenvalue weighted by Gasteiger charge is 2.64. The van der Waals surface area contributed by atoms with Crippen LogP contribution in [0.1, 0.15) is 107 Å². The number of nitrogens with one attached hydrogen (secondary N) is 4. The van der Waals surface area contributed by atoms with E-state index in [1.165, 1.54) is 4.90 Å². The molecule has 2 aliphatic heterocycles. The lowest BCUT2D eigenvalue weighted by molar-refractivity contribution is -0.164. The highest BCUT2D eigenvalue weighted by Crippen LogP contribution is 2.55. The van der Waals surface area contributed by atoms with Crippen molar-refractivity contribution in [2.75, 3.05) is 31.6 Å². The van der Waals surface area contributed by atoms with Crippen LogP contribution in [0.25, 0.3) is 0 Å². The van der Waals surface area contributed by atoms with E-state index in [0.29, 0.717) is 35.1 Å². The Kier molecular flexibility index (Phi) is 15.8. The maximum atomic E-state index is 13.9. The molecule has 3 aromatic rings. The van der Waals surface area contributed by atoms with Crippen molar-refractivity contribution >= 4 is 40.9 Å². The maximum absolute atomic E-state index is 13.9. The number of hydrogen-bond acceptors (Lipinski definition) is 13. The van der Waals surface area contributed by atoms with Crippen LogP contribution in [0.15, 0.2) is 87.4 Å². The second kappa shape index (κ2) is 21.1. The zero-order valence-electron chi connectivity index (χ0n) is 38.6. The molecule has 6 rings (SSSR count). The fourth-order valence-electron chi connectivity index (χ4n) is 9.19. The van der Waals surface area contributed by atoms with E-state index in [1.54, 1.807) is 30.3 Å². The lowest BCUT2D eigenvalue weighted by Crippen LogP contribution is -2.74. The Bertz CT molecular complexity index is 2300. The Morgan fingerprint density at radius 3 is 2.27 bits per heavy atom. The van der Waals surface area contributed by atoms with Crippen molar-refractivity contribution in [3.05, 3.63) is 94.0 Å². The molecular formula is C48H61ClN10O7. The summed E-state index contributed by atoms with van der Waals surface area (Å²) >= 11 is 6.23. The third-order valence-corrected chi connectivity index (χ3v) is 12.8. The third-order valence-electron chi connectivity index (χ3n) is 12.5. The summed E-state index contributed by atoms with van der Waals surface area (Å²) in [5, 5.41) is 47.3. The zero-order chi connectivity index (χ0) is 47.8. The van der Waals surface area contributed by atoms with Crippen molar-refractivity contribution in [2.45, 2.75) is 117 Å². The van der Waals surface area contributed by atoms with Gasteiger partial charge in [-0.15, -0.1) is 10.2 Å². The molecule has 1 saturated heterocycles. The van der Waals surface area contributed by atoms with Crippen molar-refractivity contribution < 1.29 is 33.8 Å². The molecule has 352 valence electrons. The average molecular weight is 926 g/mol. The van der Waals surface area contributed by atoms with Gasteiger partial charge in [-0.1, -0.05) is 84.3 Å². The van der Waals surface area contributed by atoms with E-state index >= 15 is 0 Å². The van der Waals surface area contributed by atoms with E-state index in [9.17, 15) is 29.5 Å². The van der Waals surface area contributed by atoms with Crippen molar-refractivity contribution in [1.82, 2.24) is 20.9 Å². The summed E-state index contributed by atoms with van der Waals surface area (Å²) in [5.41, 5.74) is 2.01. The van der Waals surface area contributed by atoms with Crippen molar-refractivity contribution in [2.24, 2.45) is 36.9 Å². The molecule has 1 unspecified atom stereocenters. The topological polar surface area (TPSA) is 232 Å². The minimum atomic E-state index is -0.959. The first-order valence-corrected chi connectivity index (χ1v) is 22.7. The van der Waals surface area contributed by atoms with Crippen LogP contribution in [0.5, 0.6) is 5.75 Å². The van der Waals surface area contributed by atoms with Gasteiger partial charge in [0.2, 0.25) is 23.9 Å². The predicted molar refractivity (Wildman–Crippen MR) is 247 cm³/mol. The normalized spacial score (nSPS) is 21.1. The predicted octanol–water partition coefficient (Wildman–Crippen LogP) is 7.06. The number of halogens is 1. The molecule has 2 heterocycles. The molecule has 18 heteroatoms. The molecule has 4 amide bonds. The van der Waals surface area contributed by atoms with Crippen LogP contribution in [0, 0.1) is 27.6 Å². The maximum Gasteiger partial charge on any atom is 0.251 e. The largest absolute Gasteiger partial charge is 0.489 e. The van der Waals surface area contributed by atoms with E-state index in [0.717, 1.165) is 36.1 Å². The number of β-amino-alcohol motifs (C(OH)–C–C–N with tert-alkyl or cyclic N) is 1. The first-order valence-electron chi connectivity index (χ1n) is 22.3. The van der Waals surface area contributed by atoms with Crippen LogP contribution in [0.3, 0.4) is 0 Å². The number of ether oxygens (including phenoxy) is 2. The Hall–Kier alpha value is -5.96. The highest BCUT2D eigenvalue weighted by molar-refractivity contribution is 6.31. The summed E-state index contributed by atoms with van der Waals surface area (Å²) in [6, 6.07) is 19.8. The number of hydrogen-bond donors (Lipinski definition) is 5. The number of carbonyl (C=O) groups is 4. The molecule has 0 aromatic heterocycles. The number of benzene rings is 3. The van der Waals surface area contributed by atoms with Crippen LogP contribution >= 0.6 is 11.6 Å². The summed E-state index contributed by atoms with van der Waals surface area (Å²) in [4.78, 5) is 55.0. The molecular weight excluding hydrogens is 864 g/mol. The summed E-state index contributed by atoms with van der Waals surface area (Å²) < 4.78 is 12.0. The first kappa shape index (κ1) is 49.5. The monoisotopic (exact) mass is 924 g/mol. The number of carbonyl (C=O) groups excluding carboxylic acids is 4. The molecule has 17 nitrogen and oxygen atoms in total. The molecule has 0 bridgehead atoms. The number of anilines is 1. The number of aliphatic hydroxyl groups excluding tert-OH is 1. The summed E-state index contributed by atoms with van der Waals surface area (Å²) in [6.07, 6.45) is 0.948. The lowest BCUT2D eigenvalue weighted by atomic mass is 9.49. The molecule has 5 N–H and O–H groups in total. The molecule has 66 heavy (non-hydrogen) atoms. The molecule has 3 atom stereocenters. The minimum absolute atomic E-state index is 0.0255. The number of aliphatic hydroxyl groups is 1. The van der Waals surface area contributed by atoms with E-state index in [2.05, 4.69) is 75.7 Å². The van der Waals surface area contributed by atoms with Crippen LogP contribution < -0.4 is 26.0 Å². The van der Waals surface area contributed by atoms with Crippen molar-refractivity contribution in [3.8, 4) is 11.8 Å². The molecule has 0 spiro atoms. The van der Waals surface area contributed by atoms with Gasteiger partial charge in [0.05, 0.1) is 16.7 Å². The number of amides is 4. The number of nitriles is 1. The fraction of sp³-hybridized carbons (Fsp3) is 0.521. The first-order chi connectivity index (χ1) is 31.3. The average Bonchev–Trinajstić information content (AvgIpc) is 3.97. The van der Waals surface area contributed by atoms with Gasteiger partial charge in [0.1, 0.15) is 36.6 Å². The van der Waals surface area contributed by atoms with Gasteiger partial charge in [0.25, 0.3) is 5.91 Å². The zero-order valence-corrected chi connectivity index (χ0v) is 39.4. The van der Waals surface area contributed by atoms with Gasteiger partial charge in [-0.3, -0.25) is 19.2 Å². The lowest BCUT2D eigenvalue weighted by Gasteiger charge is -2.63. The van der Waals surface area contributed by atoms with Gasteiger partial charge < -0.3 is 40.7 Å². The van der Waals surface area contributed by atoms with E-state index in [1.807, 2.05) is 57.2 Å². The van der Waals surface area contributed by atoms with Crippen molar-refractivity contribution in [1.29, 1.82) is 5.26 Å². The van der Waals surface area contributed by atoms with E-state index < -0.39 is 47.5 Å². The SMILES string of the molecule is CC(C)(C)[C@H](NC(=O)COCCCCCNc1ccc(C(=O)N[C@H]2C(C)(C)[C@H](Oc3ccc(C#N)c(Cl)c3)C2(C)C)cc1)C(=O)N1C[C@H](O)CC1C(=O)NCc1ccc(C2N=NN=N2)cc1. The fourth-order valence-corrected chi connectivity index (χ4v) is 9.40. The molecule has 2 fully saturated rings. The minimum Gasteiger partial charge on any atom is -0.489 e. The standard InChI is InChI=1S/C48H61ClN10O7/c1-46(2,3)39(43(64)59-27-34(60)23-37(59)42(63)52-26-29-11-13-30(14-12-29)40-55-57-58-56-40)53-38(61)28-65-22-10-8-9-21-51-33-18-15-31(16-19-33)41(62)54-44-47(4,5)45(48(44,6)7)66-35-20-17-32(25-50)36(49)24-35/h11-20,24,34,37,39-40,44-45,51,60H,8-10,21-23,26-28H2,1-7H3,(H,52,63)(H,53,61)(H,54,62)/t34-,37?,39-,44-,45-/m1/s1. The molecule has 1 aliphatic carbocycles.